The van der Waals surface area contributed by atoms with Crippen molar-refractivity contribution >= 4 is 17.7 Å². The monoisotopic (exact) mass is 214 g/mol. The smallest absolute Gasteiger partial charge is 0.330 e. The number of Topliss-reactive ketones (excluding diaryl/α,β-unsaturated/α-hetero) is 1. The minimum Gasteiger partial charge on any atom is -0.481 e. The maximum absolute atomic E-state index is 10.9. The molecular weight excluding hydrogens is 200 g/mol. The first-order valence-corrected chi connectivity index (χ1v) is 4.55. The van der Waals surface area contributed by atoms with Gasteiger partial charge in [-0.05, 0) is 20.3 Å². The Kier molecular flexibility index (Phi) is 6.01. The van der Waals surface area contributed by atoms with Crippen molar-refractivity contribution in [2.75, 3.05) is 6.61 Å². The summed E-state index contributed by atoms with van der Waals surface area (Å²) in [5, 5.41) is 8.64. The van der Waals surface area contributed by atoms with Gasteiger partial charge in [-0.3, -0.25) is 9.59 Å². The third-order valence-electron chi connectivity index (χ3n) is 1.70. The molecule has 0 radical (unpaired) electrons. The molecular formula is C10H14O5. The summed E-state index contributed by atoms with van der Waals surface area (Å²) in [5.74, 6) is -3.24. The molecule has 0 amide bonds. The first-order valence-electron chi connectivity index (χ1n) is 4.55. The van der Waals surface area contributed by atoms with Crippen molar-refractivity contribution < 1.29 is 24.2 Å². The Morgan fingerprint density at radius 2 is 2.00 bits per heavy atom. The Hall–Kier alpha value is -1.65. The van der Waals surface area contributed by atoms with E-state index in [4.69, 9.17) is 5.11 Å². The molecule has 5 nitrogen and oxygen atoms in total. The molecule has 0 rings (SSSR count). The number of hydrogen-bond acceptors (Lipinski definition) is 4. The molecule has 0 bridgehead atoms. The normalized spacial score (nSPS) is 12.4. The molecule has 15 heavy (non-hydrogen) atoms. The van der Waals surface area contributed by atoms with Crippen LogP contribution in [0.15, 0.2) is 12.2 Å². The second-order valence-corrected chi connectivity index (χ2v) is 2.89. The molecule has 0 fully saturated rings. The largest absolute Gasteiger partial charge is 0.481 e. The summed E-state index contributed by atoms with van der Waals surface area (Å²) in [6.45, 7) is 3.14. The summed E-state index contributed by atoms with van der Waals surface area (Å²) in [5.41, 5.74) is 0. The van der Waals surface area contributed by atoms with Crippen LogP contribution in [0.1, 0.15) is 20.3 Å². The van der Waals surface area contributed by atoms with Gasteiger partial charge < -0.3 is 9.84 Å². The standard InChI is InChI=1S/C10H14O5/c1-3-15-9(12)6-4-5-8(7(2)11)10(13)14/h4,6,8H,3,5H2,1-2H3,(H,13,14). The lowest BCUT2D eigenvalue weighted by molar-refractivity contribution is -0.145. The van der Waals surface area contributed by atoms with Gasteiger partial charge >= 0.3 is 11.9 Å². The first-order chi connectivity index (χ1) is 6.99. The van der Waals surface area contributed by atoms with E-state index < -0.39 is 23.6 Å². The highest BCUT2D eigenvalue weighted by Crippen LogP contribution is 2.05. The van der Waals surface area contributed by atoms with E-state index in [9.17, 15) is 14.4 Å². The zero-order valence-electron chi connectivity index (χ0n) is 8.73. The van der Waals surface area contributed by atoms with Gasteiger partial charge in [-0.1, -0.05) is 6.08 Å². The van der Waals surface area contributed by atoms with E-state index in [1.165, 1.54) is 13.0 Å². The molecule has 0 heterocycles. The third-order valence-corrected chi connectivity index (χ3v) is 1.70. The maximum Gasteiger partial charge on any atom is 0.330 e. The van der Waals surface area contributed by atoms with E-state index in [1.807, 2.05) is 0 Å². The molecule has 0 spiro atoms. The predicted molar refractivity (Wildman–Crippen MR) is 52.2 cm³/mol. The van der Waals surface area contributed by atoms with Crippen molar-refractivity contribution in [1.82, 2.24) is 0 Å². The zero-order chi connectivity index (χ0) is 11.8. The van der Waals surface area contributed by atoms with Crippen LogP contribution in [0.3, 0.4) is 0 Å². The van der Waals surface area contributed by atoms with Gasteiger partial charge in [0, 0.05) is 6.08 Å². The number of carbonyl (C=O) groups is 3. The maximum atomic E-state index is 10.9. The molecule has 0 aliphatic carbocycles. The summed E-state index contributed by atoms with van der Waals surface area (Å²) in [4.78, 5) is 32.3. The average Bonchev–Trinajstić information content (AvgIpc) is 2.11. The van der Waals surface area contributed by atoms with Crippen LogP contribution in [0.2, 0.25) is 0 Å². The van der Waals surface area contributed by atoms with Crippen LogP contribution < -0.4 is 0 Å². The van der Waals surface area contributed by atoms with E-state index in [-0.39, 0.29) is 13.0 Å². The molecule has 0 aromatic rings. The lowest BCUT2D eigenvalue weighted by Gasteiger charge is -2.03. The highest BCUT2D eigenvalue weighted by Gasteiger charge is 2.20. The number of ketones is 1. The quantitative estimate of drug-likeness (QED) is 0.401. The van der Waals surface area contributed by atoms with E-state index >= 15 is 0 Å². The Morgan fingerprint density at radius 1 is 1.40 bits per heavy atom. The van der Waals surface area contributed by atoms with Crippen LogP contribution >= 0.6 is 0 Å². The fourth-order valence-corrected chi connectivity index (χ4v) is 0.931. The number of hydrogen-bond donors (Lipinski definition) is 1. The van der Waals surface area contributed by atoms with Gasteiger partial charge in [0.2, 0.25) is 0 Å². The van der Waals surface area contributed by atoms with Crippen LogP contribution in [0.4, 0.5) is 0 Å². The summed E-state index contributed by atoms with van der Waals surface area (Å²) in [7, 11) is 0. The average molecular weight is 214 g/mol. The topological polar surface area (TPSA) is 80.7 Å². The number of carbonyl (C=O) groups excluding carboxylic acids is 2. The van der Waals surface area contributed by atoms with Crippen LogP contribution in [-0.4, -0.2) is 29.4 Å². The fourth-order valence-electron chi connectivity index (χ4n) is 0.931. The number of carboxylic acids is 1. The van der Waals surface area contributed by atoms with Gasteiger partial charge in [-0.15, -0.1) is 0 Å². The van der Waals surface area contributed by atoms with E-state index in [2.05, 4.69) is 4.74 Å². The van der Waals surface area contributed by atoms with Gasteiger partial charge in [0.15, 0.2) is 0 Å². The predicted octanol–water partition coefficient (Wildman–Crippen LogP) is 0.786. The molecule has 0 aliphatic heterocycles. The highest BCUT2D eigenvalue weighted by molar-refractivity contribution is 5.97. The number of esters is 1. The highest BCUT2D eigenvalue weighted by atomic mass is 16.5. The summed E-state index contributed by atoms with van der Waals surface area (Å²) < 4.78 is 4.59. The van der Waals surface area contributed by atoms with Crippen molar-refractivity contribution in [3.05, 3.63) is 12.2 Å². The van der Waals surface area contributed by atoms with Gasteiger partial charge in [0.05, 0.1) is 6.61 Å². The number of carboxylic acid groups (broad SMARTS) is 1. The van der Waals surface area contributed by atoms with Gasteiger partial charge in [0.25, 0.3) is 0 Å². The van der Waals surface area contributed by atoms with Crippen molar-refractivity contribution in [2.24, 2.45) is 5.92 Å². The van der Waals surface area contributed by atoms with Crippen molar-refractivity contribution in [3.63, 3.8) is 0 Å². The number of rotatable bonds is 6. The minimum absolute atomic E-state index is 0.00345. The summed E-state index contributed by atoms with van der Waals surface area (Å²) in [6.07, 6.45) is 2.46. The van der Waals surface area contributed by atoms with Gasteiger partial charge in [-0.2, -0.15) is 0 Å². The van der Waals surface area contributed by atoms with Crippen molar-refractivity contribution in [1.29, 1.82) is 0 Å². The number of ether oxygens (including phenoxy) is 1. The summed E-state index contributed by atoms with van der Waals surface area (Å²) >= 11 is 0. The van der Waals surface area contributed by atoms with Crippen molar-refractivity contribution in [2.45, 2.75) is 20.3 Å². The lowest BCUT2D eigenvalue weighted by Crippen LogP contribution is -2.20. The molecule has 0 saturated carbocycles. The molecule has 5 heteroatoms. The summed E-state index contributed by atoms with van der Waals surface area (Å²) in [6, 6.07) is 0. The molecule has 0 saturated heterocycles. The minimum atomic E-state index is -1.18. The Balaban J connectivity index is 4.16. The van der Waals surface area contributed by atoms with Crippen LogP contribution in [-0.2, 0) is 19.1 Å². The van der Waals surface area contributed by atoms with E-state index in [1.54, 1.807) is 6.92 Å². The van der Waals surface area contributed by atoms with Crippen molar-refractivity contribution in [3.8, 4) is 0 Å². The molecule has 1 unspecified atom stereocenters. The fraction of sp³-hybridized carbons (Fsp3) is 0.500. The molecule has 0 aliphatic rings. The van der Waals surface area contributed by atoms with Crippen LogP contribution in [0.5, 0.6) is 0 Å². The molecule has 1 N–H and O–H groups in total. The Labute approximate surface area is 87.7 Å². The van der Waals surface area contributed by atoms with Crippen LogP contribution in [0, 0.1) is 5.92 Å². The Bertz CT molecular complexity index is 266. The number of allylic oxidation sites excluding steroid dienone is 1. The molecule has 0 aromatic heterocycles. The SMILES string of the molecule is CCOC(=O)C=CCC(C(C)=O)C(=O)O. The second-order valence-electron chi connectivity index (χ2n) is 2.89. The van der Waals surface area contributed by atoms with Gasteiger partial charge in [-0.25, -0.2) is 4.79 Å². The number of aliphatic carboxylic acids is 1. The van der Waals surface area contributed by atoms with E-state index in [0.717, 1.165) is 6.08 Å². The zero-order valence-corrected chi connectivity index (χ0v) is 8.73. The van der Waals surface area contributed by atoms with Gasteiger partial charge in [0.1, 0.15) is 11.7 Å². The Morgan fingerprint density at radius 3 is 2.40 bits per heavy atom. The molecule has 84 valence electrons. The molecule has 1 atom stereocenters. The molecule has 0 aromatic carbocycles. The van der Waals surface area contributed by atoms with Crippen LogP contribution in [0.25, 0.3) is 0 Å². The first kappa shape index (κ1) is 13.4. The third kappa shape index (κ3) is 5.61. The second kappa shape index (κ2) is 6.75. The lowest BCUT2D eigenvalue weighted by atomic mass is 10.0. The van der Waals surface area contributed by atoms with E-state index in [0.29, 0.717) is 0 Å².